The summed E-state index contributed by atoms with van der Waals surface area (Å²) < 4.78 is 0. The molecule has 3 aromatic rings. The van der Waals surface area contributed by atoms with Crippen LogP contribution in [-0.2, 0) is 0 Å². The Kier molecular flexibility index (Phi) is 5.55. The maximum atomic E-state index is 12.3. The van der Waals surface area contributed by atoms with Crippen LogP contribution < -0.4 is 0 Å². The van der Waals surface area contributed by atoms with Crippen LogP contribution in [0.3, 0.4) is 0 Å². The van der Waals surface area contributed by atoms with Crippen LogP contribution >= 0.6 is 23.4 Å². The summed E-state index contributed by atoms with van der Waals surface area (Å²) in [7, 11) is 0. The van der Waals surface area contributed by atoms with Gasteiger partial charge < -0.3 is 5.11 Å². The van der Waals surface area contributed by atoms with Crippen molar-refractivity contribution in [3.63, 3.8) is 0 Å². The number of hydrogen-bond donors (Lipinski definition) is 1. The highest BCUT2D eigenvalue weighted by atomic mass is 35.5. The molecule has 0 spiro atoms. The zero-order valence-corrected chi connectivity index (χ0v) is 18.4. The molecule has 2 heterocycles. The lowest BCUT2D eigenvalue weighted by Gasteiger charge is -2.24. The number of amides is 1. The van der Waals surface area contributed by atoms with Crippen LogP contribution in [0.2, 0.25) is 5.02 Å². The van der Waals surface area contributed by atoms with Crippen molar-refractivity contribution in [1.82, 2.24) is 5.01 Å². The average molecular weight is 460 g/mol. The molecule has 0 aliphatic carbocycles. The number of nitrogens with zero attached hydrogens (tertiary/aromatic N) is 3. The van der Waals surface area contributed by atoms with E-state index in [0.29, 0.717) is 22.2 Å². The maximum Gasteiger partial charge on any atom is 0.311 e. The number of aliphatic imine (C=N–C) groups is 1. The van der Waals surface area contributed by atoms with Crippen LogP contribution in [0.5, 0.6) is 5.75 Å². The highest BCUT2D eigenvalue weighted by molar-refractivity contribution is 8.18. The van der Waals surface area contributed by atoms with Crippen molar-refractivity contribution in [2.24, 2.45) is 10.1 Å². The fourth-order valence-electron chi connectivity index (χ4n) is 3.79. The van der Waals surface area contributed by atoms with E-state index in [9.17, 15) is 9.90 Å². The number of carbonyl (C=O) groups is 1. The Morgan fingerprint density at radius 3 is 2.47 bits per heavy atom. The van der Waals surface area contributed by atoms with Gasteiger partial charge >= 0.3 is 5.24 Å². The Labute approximate surface area is 194 Å². The monoisotopic (exact) mass is 459 g/mol. The summed E-state index contributed by atoms with van der Waals surface area (Å²) >= 11 is 7.08. The molecule has 1 N–H and O–H groups in total. The molecule has 0 bridgehead atoms. The van der Waals surface area contributed by atoms with Crippen molar-refractivity contribution in [3.8, 4) is 5.75 Å². The Balaban J connectivity index is 1.58. The van der Waals surface area contributed by atoms with E-state index in [1.165, 1.54) is 0 Å². The van der Waals surface area contributed by atoms with Crippen molar-refractivity contribution >= 4 is 46.2 Å². The standard InChI is InChI=1S/C25H18ClN3O2S/c26-18-12-10-16(11-13-18)14-23-24(27-25(31)32-23)29-21(19-8-4-5-9-22(19)30)15-20(28-29)17-6-2-1-3-7-17/h1-14,21,30H,15H2/b23-14-. The fraction of sp³-hybridized carbons (Fsp3) is 0.0800. The molecule has 2 aliphatic heterocycles. The summed E-state index contributed by atoms with van der Waals surface area (Å²) in [6.07, 6.45) is 2.48. The smallest absolute Gasteiger partial charge is 0.311 e. The van der Waals surface area contributed by atoms with Gasteiger partial charge in [0.15, 0.2) is 5.84 Å². The molecule has 0 fully saturated rings. The molecular weight excluding hydrogens is 442 g/mol. The summed E-state index contributed by atoms with van der Waals surface area (Å²) in [4.78, 5) is 17.3. The molecule has 0 saturated carbocycles. The highest BCUT2D eigenvalue weighted by Gasteiger charge is 2.37. The summed E-state index contributed by atoms with van der Waals surface area (Å²) in [5.74, 6) is 0.668. The first-order valence-corrected chi connectivity index (χ1v) is 11.3. The van der Waals surface area contributed by atoms with Crippen molar-refractivity contribution < 1.29 is 9.90 Å². The van der Waals surface area contributed by atoms with Gasteiger partial charge in [0, 0.05) is 17.0 Å². The maximum absolute atomic E-state index is 12.3. The number of thioether (sulfide) groups is 1. The minimum atomic E-state index is -0.292. The third-order valence-corrected chi connectivity index (χ3v) is 6.35. The van der Waals surface area contributed by atoms with Crippen molar-refractivity contribution in [2.45, 2.75) is 12.5 Å². The molecule has 2 aliphatic rings. The Hall–Kier alpha value is -3.35. The largest absolute Gasteiger partial charge is 0.508 e. The number of hydrogen-bond acceptors (Lipinski definition) is 5. The lowest BCUT2D eigenvalue weighted by atomic mass is 9.97. The summed E-state index contributed by atoms with van der Waals surface area (Å²) in [5, 5.41) is 17.5. The minimum absolute atomic E-state index is 0.188. The number of phenols is 1. The zero-order valence-electron chi connectivity index (χ0n) is 16.9. The average Bonchev–Trinajstić information content (AvgIpc) is 3.40. The summed E-state index contributed by atoms with van der Waals surface area (Å²) in [6.45, 7) is 0. The van der Waals surface area contributed by atoms with Gasteiger partial charge in [0.2, 0.25) is 0 Å². The van der Waals surface area contributed by atoms with E-state index in [1.54, 1.807) is 29.3 Å². The quantitative estimate of drug-likeness (QED) is 0.485. The molecule has 158 valence electrons. The molecule has 1 atom stereocenters. The van der Waals surface area contributed by atoms with Gasteiger partial charge in [-0.2, -0.15) is 10.1 Å². The van der Waals surface area contributed by atoms with Gasteiger partial charge in [0.25, 0.3) is 0 Å². The van der Waals surface area contributed by atoms with Crippen LogP contribution in [0.25, 0.3) is 6.08 Å². The predicted molar refractivity (Wildman–Crippen MR) is 130 cm³/mol. The van der Waals surface area contributed by atoms with Gasteiger partial charge in [0.1, 0.15) is 5.75 Å². The van der Waals surface area contributed by atoms with Gasteiger partial charge in [-0.25, -0.2) is 5.01 Å². The van der Waals surface area contributed by atoms with Gasteiger partial charge in [-0.05, 0) is 47.2 Å². The fourth-order valence-corrected chi connectivity index (χ4v) is 4.67. The van der Waals surface area contributed by atoms with Crippen molar-refractivity contribution in [3.05, 3.63) is 105 Å². The number of hydrazone groups is 1. The summed E-state index contributed by atoms with van der Waals surface area (Å²) in [5.41, 5.74) is 3.51. The van der Waals surface area contributed by atoms with E-state index in [0.717, 1.165) is 34.2 Å². The molecule has 0 aromatic heterocycles. The number of rotatable bonds is 3. The second-order valence-electron chi connectivity index (χ2n) is 7.40. The summed E-state index contributed by atoms with van der Waals surface area (Å²) in [6, 6.07) is 24.2. The lowest BCUT2D eigenvalue weighted by molar-refractivity contribution is 0.267. The first kappa shape index (κ1) is 20.5. The lowest BCUT2D eigenvalue weighted by Crippen LogP contribution is -2.26. The number of carbonyl (C=O) groups excluding carboxylic acids is 1. The number of benzene rings is 3. The molecule has 32 heavy (non-hydrogen) atoms. The van der Waals surface area contributed by atoms with Crippen LogP contribution in [-0.4, -0.2) is 26.9 Å². The third-order valence-electron chi connectivity index (χ3n) is 5.31. The molecule has 1 amide bonds. The van der Waals surface area contributed by atoms with E-state index >= 15 is 0 Å². The minimum Gasteiger partial charge on any atom is -0.508 e. The van der Waals surface area contributed by atoms with E-state index in [-0.39, 0.29) is 17.0 Å². The van der Waals surface area contributed by atoms with Crippen LogP contribution in [0.15, 0.2) is 93.9 Å². The molecule has 1 unspecified atom stereocenters. The number of aromatic hydroxyl groups is 1. The molecular formula is C25H18ClN3O2S. The van der Waals surface area contributed by atoms with E-state index in [2.05, 4.69) is 4.99 Å². The normalized spacial score (nSPS) is 19.4. The first-order chi connectivity index (χ1) is 15.6. The first-order valence-electron chi connectivity index (χ1n) is 10.1. The number of halogens is 1. The number of amidine groups is 1. The number of para-hydroxylation sites is 1. The van der Waals surface area contributed by atoms with Crippen molar-refractivity contribution in [2.75, 3.05) is 0 Å². The Bertz CT molecular complexity index is 1270. The highest BCUT2D eigenvalue weighted by Crippen LogP contribution is 2.41. The van der Waals surface area contributed by atoms with Gasteiger partial charge in [-0.3, -0.25) is 4.79 Å². The molecule has 5 rings (SSSR count). The van der Waals surface area contributed by atoms with Crippen molar-refractivity contribution in [1.29, 1.82) is 0 Å². The van der Waals surface area contributed by atoms with Crippen LogP contribution in [0, 0.1) is 0 Å². The predicted octanol–water partition coefficient (Wildman–Crippen LogP) is 6.50. The molecule has 7 heteroatoms. The van der Waals surface area contributed by atoms with Gasteiger partial charge in [-0.15, -0.1) is 0 Å². The van der Waals surface area contributed by atoms with Gasteiger partial charge in [0.05, 0.1) is 16.7 Å². The molecule has 3 aromatic carbocycles. The number of phenolic OH excluding ortho intramolecular Hbond substituents is 1. The second kappa shape index (κ2) is 8.65. The van der Waals surface area contributed by atoms with E-state index in [4.69, 9.17) is 16.7 Å². The molecule has 5 nitrogen and oxygen atoms in total. The second-order valence-corrected chi connectivity index (χ2v) is 8.83. The molecule has 0 radical (unpaired) electrons. The third kappa shape index (κ3) is 4.07. The zero-order chi connectivity index (χ0) is 22.1. The van der Waals surface area contributed by atoms with Gasteiger partial charge in [-0.1, -0.05) is 72.3 Å². The Morgan fingerprint density at radius 1 is 1.00 bits per heavy atom. The topological polar surface area (TPSA) is 65.3 Å². The van der Waals surface area contributed by atoms with E-state index < -0.39 is 0 Å². The van der Waals surface area contributed by atoms with Crippen LogP contribution in [0.4, 0.5) is 4.79 Å². The van der Waals surface area contributed by atoms with E-state index in [1.807, 2.05) is 60.7 Å². The SMILES string of the molecule is O=C1N=C(N2N=C(c3ccccc3)CC2c2ccccc2O)/C(=C/c2ccc(Cl)cc2)S1. The Morgan fingerprint density at radius 2 is 1.72 bits per heavy atom. The van der Waals surface area contributed by atoms with Crippen LogP contribution in [0.1, 0.15) is 29.2 Å². The molecule has 0 saturated heterocycles.